The maximum Gasteiger partial charge on any atom is 0.206 e. The van der Waals surface area contributed by atoms with Gasteiger partial charge in [0, 0.05) is 28.4 Å². The molecule has 0 aliphatic heterocycles. The number of benzene rings is 4. The zero-order valence-electron chi connectivity index (χ0n) is 31.7. The van der Waals surface area contributed by atoms with Gasteiger partial charge in [0.1, 0.15) is 0 Å². The third kappa shape index (κ3) is 45.3. The van der Waals surface area contributed by atoms with Gasteiger partial charge in [-0.2, -0.15) is 0 Å². The topological polar surface area (TPSA) is 52.6 Å². The standard InChI is InChI=1S/C12H10O2S.2C6H6.2C2H6O.6C2H6/c13-15(14,11-7-3-1-4-8-11)12-9-5-2-6-10-12;2*1-2-4-6-5-3-1;2*1-3-2;6*1-2/h1-10H;2*1-6H;2*1-2H3;6*1-2H3. The number of sulfone groups is 1. The summed E-state index contributed by atoms with van der Waals surface area (Å²) in [6, 6.07) is 40.9. The summed E-state index contributed by atoms with van der Waals surface area (Å²) >= 11 is 0. The number of hydrogen-bond acceptors (Lipinski definition) is 4. The summed E-state index contributed by atoms with van der Waals surface area (Å²) in [7, 11) is 3.16. The second-order valence-electron chi connectivity index (χ2n) is 6.26. The fraction of sp³-hybridized carbons (Fsp3) is 0.400. The minimum Gasteiger partial charge on any atom is -0.388 e. The molecule has 0 amide bonds. The smallest absolute Gasteiger partial charge is 0.206 e. The van der Waals surface area contributed by atoms with Crippen molar-refractivity contribution < 1.29 is 17.9 Å². The molecule has 0 spiro atoms. The Morgan fingerprint density at radius 2 is 0.422 bits per heavy atom. The van der Waals surface area contributed by atoms with Crippen molar-refractivity contribution in [1.29, 1.82) is 0 Å². The van der Waals surface area contributed by atoms with Gasteiger partial charge in [-0.1, -0.05) is 192 Å². The van der Waals surface area contributed by atoms with Crippen LogP contribution in [0.2, 0.25) is 0 Å². The van der Waals surface area contributed by atoms with E-state index in [0.717, 1.165) is 0 Å². The first-order chi connectivity index (χ1) is 22.0. The molecule has 4 nitrogen and oxygen atoms in total. The molecule has 4 aromatic rings. The summed E-state index contributed by atoms with van der Waals surface area (Å²) in [5, 5.41) is 0. The van der Waals surface area contributed by atoms with Crippen LogP contribution in [-0.2, 0) is 19.3 Å². The molecule has 0 unspecified atom stereocenters. The van der Waals surface area contributed by atoms with Gasteiger partial charge in [-0.25, -0.2) is 8.42 Å². The summed E-state index contributed by atoms with van der Waals surface area (Å²) < 4.78 is 32.6. The maximum absolute atomic E-state index is 12.0. The molecular weight excluding hydrogens is 577 g/mol. The van der Waals surface area contributed by atoms with Crippen LogP contribution in [0.25, 0.3) is 0 Å². The Balaban J connectivity index is -0.0000000818. The van der Waals surface area contributed by atoms with Gasteiger partial charge in [-0.3, -0.25) is 0 Å². The van der Waals surface area contributed by atoms with Crippen LogP contribution >= 0.6 is 0 Å². The lowest BCUT2D eigenvalue weighted by Crippen LogP contribution is -2.00. The average molecular weight is 647 g/mol. The Kier molecular flexibility index (Phi) is 76.6. The van der Waals surface area contributed by atoms with Crippen LogP contribution in [0.3, 0.4) is 0 Å². The SMILES string of the molecule is CC.CC.CC.CC.CC.CC.COC.COC.O=S(=O)(c1ccccc1)c1ccccc1.c1ccccc1.c1ccccc1. The minimum atomic E-state index is -3.34. The van der Waals surface area contributed by atoms with Crippen LogP contribution in [0.4, 0.5) is 0 Å². The van der Waals surface area contributed by atoms with E-state index in [1.54, 1.807) is 89.1 Å². The van der Waals surface area contributed by atoms with Crippen LogP contribution in [0.5, 0.6) is 0 Å². The van der Waals surface area contributed by atoms with Crippen molar-refractivity contribution in [1.82, 2.24) is 0 Å². The molecule has 260 valence electrons. The highest BCUT2D eigenvalue weighted by Crippen LogP contribution is 2.19. The van der Waals surface area contributed by atoms with Crippen LogP contribution < -0.4 is 0 Å². The minimum absolute atomic E-state index is 0.330. The van der Waals surface area contributed by atoms with Gasteiger partial charge < -0.3 is 9.47 Å². The number of ether oxygens (including phenoxy) is 2. The van der Waals surface area contributed by atoms with Crippen molar-refractivity contribution in [2.24, 2.45) is 0 Å². The summed E-state index contributed by atoms with van der Waals surface area (Å²) in [4.78, 5) is 0.660. The predicted octanol–water partition coefficient (Wildman–Crippen LogP) is 12.6. The Morgan fingerprint density at radius 3 is 0.556 bits per heavy atom. The summed E-state index contributed by atoms with van der Waals surface area (Å²) in [6.07, 6.45) is 0. The van der Waals surface area contributed by atoms with Crippen LogP contribution in [-0.4, -0.2) is 36.9 Å². The molecule has 0 saturated heterocycles. The molecular formula is C40H70O4S. The van der Waals surface area contributed by atoms with E-state index in [1.807, 2.05) is 156 Å². The molecule has 0 aliphatic rings. The second-order valence-corrected chi connectivity index (χ2v) is 8.21. The number of hydrogen-bond donors (Lipinski definition) is 0. The zero-order chi connectivity index (χ0) is 36.6. The Hall–Kier alpha value is -3.25. The van der Waals surface area contributed by atoms with Crippen molar-refractivity contribution in [3.8, 4) is 0 Å². The van der Waals surface area contributed by atoms with Gasteiger partial charge >= 0.3 is 0 Å². The largest absolute Gasteiger partial charge is 0.388 e. The molecule has 0 aliphatic carbocycles. The Morgan fingerprint density at radius 1 is 0.311 bits per heavy atom. The summed E-state index contributed by atoms with van der Waals surface area (Å²) in [5.41, 5.74) is 0. The van der Waals surface area contributed by atoms with E-state index in [-0.39, 0.29) is 0 Å². The lowest BCUT2D eigenvalue weighted by Gasteiger charge is -2.03. The highest BCUT2D eigenvalue weighted by molar-refractivity contribution is 7.91. The molecule has 0 fully saturated rings. The van der Waals surface area contributed by atoms with Gasteiger partial charge in [0.05, 0.1) is 9.79 Å². The summed E-state index contributed by atoms with van der Waals surface area (Å²) in [6.45, 7) is 24.0. The Bertz CT molecular complexity index is 863. The van der Waals surface area contributed by atoms with Crippen molar-refractivity contribution in [3.63, 3.8) is 0 Å². The molecule has 45 heavy (non-hydrogen) atoms. The first-order valence-corrected chi connectivity index (χ1v) is 17.7. The molecule has 5 heteroatoms. The van der Waals surface area contributed by atoms with E-state index in [2.05, 4.69) is 9.47 Å². The van der Waals surface area contributed by atoms with Gasteiger partial charge in [0.15, 0.2) is 0 Å². The van der Waals surface area contributed by atoms with Crippen LogP contribution in [0, 0.1) is 0 Å². The quantitative estimate of drug-likeness (QED) is 0.217. The molecule has 4 rings (SSSR count). The maximum atomic E-state index is 12.0. The van der Waals surface area contributed by atoms with Crippen molar-refractivity contribution in [2.75, 3.05) is 28.4 Å². The lowest BCUT2D eigenvalue weighted by molar-refractivity contribution is 0.277. The first-order valence-electron chi connectivity index (χ1n) is 16.2. The number of rotatable bonds is 2. The van der Waals surface area contributed by atoms with E-state index in [0.29, 0.717) is 9.79 Å². The van der Waals surface area contributed by atoms with E-state index in [4.69, 9.17) is 0 Å². The van der Waals surface area contributed by atoms with E-state index in [9.17, 15) is 8.42 Å². The fourth-order valence-corrected chi connectivity index (χ4v) is 3.41. The van der Waals surface area contributed by atoms with E-state index in [1.165, 1.54) is 0 Å². The van der Waals surface area contributed by atoms with Crippen LogP contribution in [0.1, 0.15) is 83.1 Å². The van der Waals surface area contributed by atoms with Crippen LogP contribution in [0.15, 0.2) is 143 Å². The number of methoxy groups -OCH3 is 2. The molecule has 0 heterocycles. The predicted molar refractivity (Wildman–Crippen MR) is 205 cm³/mol. The van der Waals surface area contributed by atoms with E-state index >= 15 is 0 Å². The molecule has 0 N–H and O–H groups in total. The van der Waals surface area contributed by atoms with Gasteiger partial charge in [0.2, 0.25) is 9.84 Å². The monoisotopic (exact) mass is 646 g/mol. The van der Waals surface area contributed by atoms with Crippen molar-refractivity contribution >= 4 is 9.84 Å². The van der Waals surface area contributed by atoms with Crippen molar-refractivity contribution in [2.45, 2.75) is 92.9 Å². The van der Waals surface area contributed by atoms with Gasteiger partial charge in [-0.05, 0) is 24.3 Å². The second kappa shape index (κ2) is 60.0. The van der Waals surface area contributed by atoms with Gasteiger partial charge in [0.25, 0.3) is 0 Å². The van der Waals surface area contributed by atoms with Gasteiger partial charge in [-0.15, -0.1) is 0 Å². The third-order valence-corrected chi connectivity index (χ3v) is 5.23. The fourth-order valence-electron chi connectivity index (χ4n) is 2.11. The molecule has 0 radical (unpaired) electrons. The first kappa shape index (κ1) is 57.4. The zero-order valence-corrected chi connectivity index (χ0v) is 32.6. The lowest BCUT2D eigenvalue weighted by atomic mass is 10.4. The average Bonchev–Trinajstić information content (AvgIpc) is 3.17. The highest BCUT2D eigenvalue weighted by Gasteiger charge is 2.15. The molecule has 0 bridgehead atoms. The Labute approximate surface area is 281 Å². The summed E-state index contributed by atoms with van der Waals surface area (Å²) in [5.74, 6) is 0. The third-order valence-electron chi connectivity index (χ3n) is 3.44. The van der Waals surface area contributed by atoms with E-state index < -0.39 is 9.84 Å². The molecule has 0 saturated carbocycles. The van der Waals surface area contributed by atoms with Crippen molar-refractivity contribution in [3.05, 3.63) is 133 Å². The highest BCUT2D eigenvalue weighted by atomic mass is 32.2. The molecule has 0 atom stereocenters. The normalized spacial score (nSPS) is 7.47. The molecule has 0 aromatic heterocycles. The molecule has 4 aromatic carbocycles.